The molecule has 4 aromatic rings. The van der Waals surface area contributed by atoms with Gasteiger partial charge in [-0.1, -0.05) is 11.2 Å². The molecule has 1 N–H and O–H groups in total. The first-order valence-electron chi connectivity index (χ1n) is 9.56. The summed E-state index contributed by atoms with van der Waals surface area (Å²) in [7, 11) is 0. The average Bonchev–Trinajstić information content (AvgIpc) is 3.43. The number of benzene rings is 1. The van der Waals surface area contributed by atoms with Crippen molar-refractivity contribution in [3.8, 4) is 17.2 Å². The minimum atomic E-state index is -0.468. The van der Waals surface area contributed by atoms with Crippen molar-refractivity contribution in [2.45, 2.75) is 13.8 Å². The molecule has 9 heteroatoms. The molecule has 0 atom stereocenters. The van der Waals surface area contributed by atoms with E-state index in [1.807, 2.05) is 0 Å². The van der Waals surface area contributed by atoms with Crippen molar-refractivity contribution in [3.05, 3.63) is 60.0 Å². The van der Waals surface area contributed by atoms with E-state index in [4.69, 9.17) is 18.4 Å². The van der Waals surface area contributed by atoms with Crippen LogP contribution in [-0.2, 0) is 9.53 Å². The number of hydrogen-bond donors (Lipinski definition) is 1. The number of nitrogens with one attached hydrogen (secondary N) is 1. The van der Waals surface area contributed by atoms with Crippen LogP contribution in [0, 0.1) is 6.92 Å². The van der Waals surface area contributed by atoms with Crippen molar-refractivity contribution in [3.63, 3.8) is 0 Å². The molecule has 9 nitrogen and oxygen atoms in total. The third kappa shape index (κ3) is 4.40. The second-order valence-corrected chi connectivity index (χ2v) is 6.56. The van der Waals surface area contributed by atoms with Gasteiger partial charge in [0.05, 0.1) is 29.5 Å². The lowest BCUT2D eigenvalue weighted by atomic mass is 10.1. The number of nitrogens with zero attached hydrogens (tertiary/aromatic N) is 2. The van der Waals surface area contributed by atoms with Crippen molar-refractivity contribution < 1.29 is 28.0 Å². The van der Waals surface area contributed by atoms with E-state index in [2.05, 4.69) is 15.5 Å². The van der Waals surface area contributed by atoms with E-state index < -0.39 is 5.97 Å². The predicted molar refractivity (Wildman–Crippen MR) is 111 cm³/mol. The Bertz CT molecular complexity index is 1230. The number of aromatic nitrogens is 2. The fourth-order valence-electron chi connectivity index (χ4n) is 3.03. The highest BCUT2D eigenvalue weighted by Crippen LogP contribution is 2.28. The average molecular weight is 421 g/mol. The molecule has 0 saturated heterocycles. The summed E-state index contributed by atoms with van der Waals surface area (Å²) in [5.41, 5.74) is 2.07. The number of anilines is 1. The first-order valence-corrected chi connectivity index (χ1v) is 9.56. The third-order valence-corrected chi connectivity index (χ3v) is 4.39. The molecule has 0 radical (unpaired) electrons. The molecule has 0 unspecified atom stereocenters. The van der Waals surface area contributed by atoms with Gasteiger partial charge in [0.15, 0.2) is 12.4 Å². The van der Waals surface area contributed by atoms with Crippen LogP contribution in [0.5, 0.6) is 5.75 Å². The van der Waals surface area contributed by atoms with E-state index in [1.165, 1.54) is 6.26 Å². The van der Waals surface area contributed by atoms with Crippen molar-refractivity contribution in [1.82, 2.24) is 10.1 Å². The van der Waals surface area contributed by atoms with E-state index in [1.54, 1.807) is 56.3 Å². The SMILES string of the molecule is CCOC(=O)COc1cccc(NC(=O)c2cc(-c3ccco3)nc3onc(C)c23)c1. The van der Waals surface area contributed by atoms with Crippen LogP contribution in [0.3, 0.4) is 0 Å². The van der Waals surface area contributed by atoms with Crippen LogP contribution < -0.4 is 10.1 Å². The lowest BCUT2D eigenvalue weighted by Crippen LogP contribution is -2.15. The molecule has 0 aliphatic heterocycles. The van der Waals surface area contributed by atoms with Gasteiger partial charge in [-0.3, -0.25) is 4.79 Å². The van der Waals surface area contributed by atoms with Gasteiger partial charge < -0.3 is 23.7 Å². The van der Waals surface area contributed by atoms with Gasteiger partial charge in [0.25, 0.3) is 11.6 Å². The van der Waals surface area contributed by atoms with Gasteiger partial charge in [-0.25, -0.2) is 9.78 Å². The molecule has 0 aliphatic carbocycles. The molecule has 4 rings (SSSR count). The summed E-state index contributed by atoms with van der Waals surface area (Å²) in [6.45, 7) is 3.52. The molecule has 0 fully saturated rings. The molecular weight excluding hydrogens is 402 g/mol. The Kier molecular flexibility index (Phi) is 5.65. The second-order valence-electron chi connectivity index (χ2n) is 6.56. The largest absolute Gasteiger partial charge is 0.482 e. The Balaban J connectivity index is 1.59. The molecule has 3 aromatic heterocycles. The van der Waals surface area contributed by atoms with Gasteiger partial charge in [-0.15, -0.1) is 0 Å². The minimum absolute atomic E-state index is 0.220. The molecule has 158 valence electrons. The number of aryl methyl sites for hydroxylation is 1. The van der Waals surface area contributed by atoms with Gasteiger partial charge in [0.2, 0.25) is 0 Å². The molecule has 31 heavy (non-hydrogen) atoms. The van der Waals surface area contributed by atoms with Crippen molar-refractivity contribution in [2.75, 3.05) is 18.5 Å². The maximum Gasteiger partial charge on any atom is 0.344 e. The van der Waals surface area contributed by atoms with Gasteiger partial charge in [-0.05, 0) is 44.2 Å². The summed E-state index contributed by atoms with van der Waals surface area (Å²) >= 11 is 0. The summed E-state index contributed by atoms with van der Waals surface area (Å²) in [5, 5.41) is 7.27. The van der Waals surface area contributed by atoms with Crippen molar-refractivity contribution in [1.29, 1.82) is 0 Å². The normalized spacial score (nSPS) is 10.8. The summed E-state index contributed by atoms with van der Waals surface area (Å²) in [6.07, 6.45) is 1.52. The zero-order valence-electron chi connectivity index (χ0n) is 16.9. The van der Waals surface area contributed by atoms with Crippen LogP contribution in [0.1, 0.15) is 23.0 Å². The van der Waals surface area contributed by atoms with E-state index in [0.29, 0.717) is 39.5 Å². The smallest absolute Gasteiger partial charge is 0.344 e. The standard InChI is InChI=1S/C22H19N3O6/c1-3-28-19(26)12-30-15-7-4-6-14(10-15)23-21(27)16-11-17(18-8-5-9-29-18)24-22-20(16)13(2)25-31-22/h4-11H,3,12H2,1-2H3,(H,23,27). The summed E-state index contributed by atoms with van der Waals surface area (Å²) < 4.78 is 20.9. The molecule has 0 bridgehead atoms. The molecular formula is C22H19N3O6. The molecule has 1 amide bonds. The Labute approximate surface area is 176 Å². The first kappa shape index (κ1) is 20.1. The zero-order chi connectivity index (χ0) is 21.8. The summed E-state index contributed by atoms with van der Waals surface area (Å²) in [4.78, 5) is 29.0. The molecule has 0 aliphatic rings. The van der Waals surface area contributed by atoms with Crippen LogP contribution in [-0.4, -0.2) is 35.2 Å². The number of hydrogen-bond acceptors (Lipinski definition) is 8. The van der Waals surface area contributed by atoms with Crippen LogP contribution >= 0.6 is 0 Å². The number of fused-ring (bicyclic) bond motifs is 1. The molecule has 0 saturated carbocycles. The number of rotatable bonds is 7. The maximum absolute atomic E-state index is 13.1. The Morgan fingerprint density at radius 1 is 1.16 bits per heavy atom. The van der Waals surface area contributed by atoms with Crippen LogP contribution in [0.2, 0.25) is 0 Å². The topological polar surface area (TPSA) is 117 Å². The van der Waals surface area contributed by atoms with Gasteiger partial charge >= 0.3 is 5.97 Å². The van der Waals surface area contributed by atoms with Crippen LogP contribution in [0.4, 0.5) is 5.69 Å². The second kappa shape index (κ2) is 8.70. The van der Waals surface area contributed by atoms with Crippen LogP contribution in [0.15, 0.2) is 57.7 Å². The fourth-order valence-corrected chi connectivity index (χ4v) is 3.03. The minimum Gasteiger partial charge on any atom is -0.482 e. The number of furan rings is 1. The highest BCUT2D eigenvalue weighted by molar-refractivity contribution is 6.13. The number of carbonyl (C=O) groups is 2. The lowest BCUT2D eigenvalue weighted by molar-refractivity contribution is -0.145. The number of carbonyl (C=O) groups excluding carboxylic acids is 2. The van der Waals surface area contributed by atoms with E-state index in [-0.39, 0.29) is 24.8 Å². The Morgan fingerprint density at radius 3 is 2.81 bits per heavy atom. The third-order valence-electron chi connectivity index (χ3n) is 4.39. The van der Waals surface area contributed by atoms with E-state index >= 15 is 0 Å². The van der Waals surface area contributed by atoms with E-state index in [0.717, 1.165) is 0 Å². The zero-order valence-corrected chi connectivity index (χ0v) is 16.9. The number of pyridine rings is 1. The highest BCUT2D eigenvalue weighted by Gasteiger charge is 2.20. The maximum atomic E-state index is 13.1. The van der Waals surface area contributed by atoms with Gasteiger partial charge in [0, 0.05) is 11.8 Å². The highest BCUT2D eigenvalue weighted by atomic mass is 16.6. The quantitative estimate of drug-likeness (QED) is 0.445. The van der Waals surface area contributed by atoms with Crippen molar-refractivity contribution in [2.24, 2.45) is 0 Å². The summed E-state index contributed by atoms with van der Waals surface area (Å²) in [5.74, 6) is 0.0704. The number of amides is 1. The lowest BCUT2D eigenvalue weighted by Gasteiger charge is -2.10. The summed E-state index contributed by atoms with van der Waals surface area (Å²) in [6, 6.07) is 11.8. The van der Waals surface area contributed by atoms with Gasteiger partial charge in [0.1, 0.15) is 11.4 Å². The molecule has 3 heterocycles. The molecule has 0 spiro atoms. The number of esters is 1. The Hall–Kier alpha value is -4.14. The van der Waals surface area contributed by atoms with Crippen LogP contribution in [0.25, 0.3) is 22.6 Å². The predicted octanol–water partition coefficient (Wildman–Crippen LogP) is 3.99. The first-order chi connectivity index (χ1) is 15.0. The fraction of sp³-hybridized carbons (Fsp3) is 0.182. The van der Waals surface area contributed by atoms with E-state index in [9.17, 15) is 9.59 Å². The van der Waals surface area contributed by atoms with Crippen molar-refractivity contribution >= 4 is 28.7 Å². The molecule has 1 aromatic carbocycles. The van der Waals surface area contributed by atoms with Gasteiger partial charge in [-0.2, -0.15) is 0 Å². The Morgan fingerprint density at radius 2 is 2.03 bits per heavy atom. The number of ether oxygens (including phenoxy) is 2. The monoisotopic (exact) mass is 421 g/mol.